The predicted molar refractivity (Wildman–Crippen MR) is 92.1 cm³/mol. The van der Waals surface area contributed by atoms with Crippen LogP contribution in [0.2, 0.25) is 0 Å². The van der Waals surface area contributed by atoms with Gasteiger partial charge in [0, 0.05) is 12.2 Å². The first kappa shape index (κ1) is 19.9. The Balaban J connectivity index is 0.00000400. The summed E-state index contributed by atoms with van der Waals surface area (Å²) in [5.74, 6) is 0.00835. The SMILES string of the molecule is Cc1cccc(NC(=O)CN(C)CC(C)(C)CN)c1C.Cl. The van der Waals surface area contributed by atoms with Gasteiger partial charge in [-0.05, 0) is 50.0 Å². The molecule has 4 nitrogen and oxygen atoms in total. The van der Waals surface area contributed by atoms with Gasteiger partial charge in [0.25, 0.3) is 0 Å². The Morgan fingerprint density at radius 2 is 1.95 bits per heavy atom. The number of nitrogens with one attached hydrogen (secondary N) is 1. The molecule has 1 rings (SSSR count). The molecule has 3 N–H and O–H groups in total. The number of hydrogen-bond donors (Lipinski definition) is 2. The van der Waals surface area contributed by atoms with Gasteiger partial charge in [-0.15, -0.1) is 12.4 Å². The highest BCUT2D eigenvalue weighted by atomic mass is 35.5. The highest BCUT2D eigenvalue weighted by Crippen LogP contribution is 2.18. The number of anilines is 1. The van der Waals surface area contributed by atoms with Crippen LogP contribution in [0.25, 0.3) is 0 Å². The Morgan fingerprint density at radius 3 is 2.52 bits per heavy atom. The summed E-state index contributed by atoms with van der Waals surface area (Å²) in [6, 6.07) is 5.93. The molecule has 0 atom stereocenters. The second kappa shape index (κ2) is 8.37. The van der Waals surface area contributed by atoms with Crippen molar-refractivity contribution < 1.29 is 4.79 Å². The lowest BCUT2D eigenvalue weighted by Crippen LogP contribution is -2.40. The molecule has 0 aromatic heterocycles. The van der Waals surface area contributed by atoms with Crippen LogP contribution in [0.5, 0.6) is 0 Å². The lowest BCUT2D eigenvalue weighted by molar-refractivity contribution is -0.117. The summed E-state index contributed by atoms with van der Waals surface area (Å²) in [5, 5.41) is 2.97. The fourth-order valence-corrected chi connectivity index (χ4v) is 2.17. The van der Waals surface area contributed by atoms with E-state index in [0.29, 0.717) is 13.1 Å². The Labute approximate surface area is 134 Å². The summed E-state index contributed by atoms with van der Waals surface area (Å²) in [6.07, 6.45) is 0. The molecule has 1 aromatic carbocycles. The van der Waals surface area contributed by atoms with Crippen LogP contribution in [-0.2, 0) is 4.79 Å². The molecule has 0 heterocycles. The number of carbonyl (C=O) groups is 1. The lowest BCUT2D eigenvalue weighted by atomic mass is 9.93. The Kier molecular flexibility index (Phi) is 7.93. The zero-order valence-corrected chi connectivity index (χ0v) is 14.5. The second-order valence-electron chi connectivity index (χ2n) is 6.34. The van der Waals surface area contributed by atoms with Crippen LogP contribution >= 0.6 is 12.4 Å². The van der Waals surface area contributed by atoms with Crippen LogP contribution in [-0.4, -0.2) is 37.5 Å². The standard InChI is InChI=1S/C16H27N3O.ClH/c1-12-7-6-8-14(13(12)2)18-15(20)9-19(5)11-16(3,4)10-17;/h6-8H,9-11,17H2,1-5H3,(H,18,20);1H. The van der Waals surface area contributed by atoms with Crippen molar-refractivity contribution >= 4 is 24.0 Å². The monoisotopic (exact) mass is 313 g/mol. The molecular formula is C16H28ClN3O. The van der Waals surface area contributed by atoms with E-state index in [4.69, 9.17) is 5.73 Å². The molecule has 0 saturated carbocycles. The third kappa shape index (κ3) is 6.46. The van der Waals surface area contributed by atoms with Gasteiger partial charge in [0.15, 0.2) is 0 Å². The van der Waals surface area contributed by atoms with E-state index >= 15 is 0 Å². The molecule has 0 fully saturated rings. The smallest absolute Gasteiger partial charge is 0.238 e. The molecule has 0 aliphatic heterocycles. The topological polar surface area (TPSA) is 58.4 Å². The van der Waals surface area contributed by atoms with Gasteiger partial charge in [-0.3, -0.25) is 9.69 Å². The lowest BCUT2D eigenvalue weighted by Gasteiger charge is -2.28. The van der Waals surface area contributed by atoms with E-state index in [-0.39, 0.29) is 23.7 Å². The summed E-state index contributed by atoms with van der Waals surface area (Å²) in [7, 11) is 1.94. The summed E-state index contributed by atoms with van der Waals surface area (Å²) < 4.78 is 0. The number of halogens is 1. The molecule has 0 aliphatic rings. The fraction of sp³-hybridized carbons (Fsp3) is 0.562. The minimum Gasteiger partial charge on any atom is -0.330 e. The Bertz CT molecular complexity index is 475. The maximum Gasteiger partial charge on any atom is 0.238 e. The summed E-state index contributed by atoms with van der Waals surface area (Å²) >= 11 is 0. The molecule has 5 heteroatoms. The van der Waals surface area contributed by atoms with Crippen LogP contribution in [0.1, 0.15) is 25.0 Å². The van der Waals surface area contributed by atoms with Gasteiger partial charge >= 0.3 is 0 Å². The molecule has 0 saturated heterocycles. The van der Waals surface area contributed by atoms with Crippen molar-refractivity contribution in [1.82, 2.24) is 4.90 Å². The minimum atomic E-state index is 0. The third-order valence-electron chi connectivity index (χ3n) is 3.54. The number of rotatable bonds is 6. The Morgan fingerprint density at radius 1 is 1.33 bits per heavy atom. The summed E-state index contributed by atoms with van der Waals surface area (Å²) in [4.78, 5) is 14.1. The van der Waals surface area contributed by atoms with Gasteiger partial charge in [-0.25, -0.2) is 0 Å². The molecule has 0 aliphatic carbocycles. The quantitative estimate of drug-likeness (QED) is 0.848. The van der Waals surface area contributed by atoms with E-state index in [1.165, 1.54) is 5.56 Å². The number of nitrogens with two attached hydrogens (primary N) is 1. The number of aryl methyl sites for hydroxylation is 1. The van der Waals surface area contributed by atoms with Gasteiger partial charge in [0.05, 0.1) is 6.54 Å². The van der Waals surface area contributed by atoms with Crippen LogP contribution in [0, 0.1) is 19.3 Å². The number of likely N-dealkylation sites (N-methyl/N-ethyl adjacent to an activating group) is 1. The highest BCUT2D eigenvalue weighted by molar-refractivity contribution is 5.93. The van der Waals surface area contributed by atoms with Crippen LogP contribution in [0.15, 0.2) is 18.2 Å². The number of hydrogen-bond acceptors (Lipinski definition) is 3. The number of benzene rings is 1. The van der Waals surface area contributed by atoms with E-state index in [9.17, 15) is 4.79 Å². The molecule has 1 amide bonds. The van der Waals surface area contributed by atoms with Crippen molar-refractivity contribution in [3.8, 4) is 0 Å². The van der Waals surface area contributed by atoms with E-state index in [2.05, 4.69) is 19.2 Å². The van der Waals surface area contributed by atoms with Crippen molar-refractivity contribution in [2.24, 2.45) is 11.1 Å². The zero-order chi connectivity index (χ0) is 15.3. The normalized spacial score (nSPS) is 11.2. The van der Waals surface area contributed by atoms with E-state index in [1.54, 1.807) is 0 Å². The fourth-order valence-electron chi connectivity index (χ4n) is 2.17. The average Bonchev–Trinajstić information content (AvgIpc) is 2.34. The van der Waals surface area contributed by atoms with Crippen molar-refractivity contribution in [1.29, 1.82) is 0 Å². The number of carbonyl (C=O) groups excluding carboxylic acids is 1. The van der Waals surface area contributed by atoms with Gasteiger partial charge in [-0.1, -0.05) is 26.0 Å². The molecule has 1 aromatic rings. The number of nitrogens with zero attached hydrogens (tertiary/aromatic N) is 1. The minimum absolute atomic E-state index is 0. The van der Waals surface area contributed by atoms with Gasteiger partial charge in [0.1, 0.15) is 0 Å². The first-order chi connectivity index (χ1) is 9.25. The van der Waals surface area contributed by atoms with Crippen LogP contribution in [0.4, 0.5) is 5.69 Å². The number of amides is 1. The predicted octanol–water partition coefficient (Wildman–Crippen LogP) is 2.58. The molecular weight excluding hydrogens is 286 g/mol. The van der Waals surface area contributed by atoms with E-state index in [0.717, 1.165) is 17.8 Å². The van der Waals surface area contributed by atoms with Crippen LogP contribution < -0.4 is 11.1 Å². The highest BCUT2D eigenvalue weighted by Gasteiger charge is 2.19. The molecule has 0 unspecified atom stereocenters. The maximum absolute atomic E-state index is 12.1. The van der Waals surface area contributed by atoms with Crippen molar-refractivity contribution in [2.45, 2.75) is 27.7 Å². The zero-order valence-electron chi connectivity index (χ0n) is 13.7. The van der Waals surface area contributed by atoms with Crippen molar-refractivity contribution in [3.63, 3.8) is 0 Å². The van der Waals surface area contributed by atoms with Crippen LogP contribution in [0.3, 0.4) is 0 Å². The molecule has 0 radical (unpaired) electrons. The summed E-state index contributed by atoms with van der Waals surface area (Å²) in [6.45, 7) is 10.0. The van der Waals surface area contributed by atoms with E-state index < -0.39 is 0 Å². The average molecular weight is 314 g/mol. The molecule has 21 heavy (non-hydrogen) atoms. The van der Waals surface area contributed by atoms with E-state index in [1.807, 2.05) is 44.0 Å². The van der Waals surface area contributed by atoms with Crippen molar-refractivity contribution in [2.75, 3.05) is 32.0 Å². The van der Waals surface area contributed by atoms with Gasteiger partial charge in [-0.2, -0.15) is 0 Å². The first-order valence-corrected chi connectivity index (χ1v) is 7.00. The first-order valence-electron chi connectivity index (χ1n) is 7.00. The third-order valence-corrected chi connectivity index (χ3v) is 3.54. The van der Waals surface area contributed by atoms with Gasteiger partial charge < -0.3 is 11.1 Å². The van der Waals surface area contributed by atoms with Gasteiger partial charge in [0.2, 0.25) is 5.91 Å². The molecule has 0 bridgehead atoms. The van der Waals surface area contributed by atoms with Crippen molar-refractivity contribution in [3.05, 3.63) is 29.3 Å². The Hall–Kier alpha value is -1.10. The molecule has 120 valence electrons. The summed E-state index contributed by atoms with van der Waals surface area (Å²) in [5.41, 5.74) is 8.93. The second-order valence-corrected chi connectivity index (χ2v) is 6.34. The largest absolute Gasteiger partial charge is 0.330 e. The molecule has 0 spiro atoms. The maximum atomic E-state index is 12.1.